The second-order valence-corrected chi connectivity index (χ2v) is 8.07. The van der Waals surface area contributed by atoms with Gasteiger partial charge in [-0.3, -0.25) is 4.90 Å². The Kier molecular flexibility index (Phi) is 5.59. The van der Waals surface area contributed by atoms with Crippen molar-refractivity contribution in [3.63, 3.8) is 0 Å². The van der Waals surface area contributed by atoms with Crippen molar-refractivity contribution in [1.29, 1.82) is 0 Å². The minimum atomic E-state index is 0.367. The van der Waals surface area contributed by atoms with E-state index in [-0.39, 0.29) is 0 Å². The van der Waals surface area contributed by atoms with Crippen LogP contribution in [0.3, 0.4) is 0 Å². The van der Waals surface area contributed by atoms with Crippen LogP contribution in [0.25, 0.3) is 16.6 Å². The molecule has 0 saturated carbocycles. The summed E-state index contributed by atoms with van der Waals surface area (Å²) in [4.78, 5) is 10.7. The lowest BCUT2D eigenvalue weighted by molar-refractivity contribution is 0.219. The summed E-state index contributed by atoms with van der Waals surface area (Å²) in [6.07, 6.45) is 5.64. The van der Waals surface area contributed by atoms with Crippen molar-refractivity contribution in [2.75, 3.05) is 27.4 Å². The first-order chi connectivity index (χ1) is 15.6. The Morgan fingerprint density at radius 2 is 1.91 bits per heavy atom. The van der Waals surface area contributed by atoms with E-state index >= 15 is 0 Å². The number of halogens is 1. The maximum atomic E-state index is 6.67. The van der Waals surface area contributed by atoms with E-state index < -0.39 is 0 Å². The highest BCUT2D eigenvalue weighted by Gasteiger charge is 2.20. The average molecular weight is 451 g/mol. The third-order valence-corrected chi connectivity index (χ3v) is 5.88. The van der Waals surface area contributed by atoms with Crippen LogP contribution in [0.5, 0.6) is 17.5 Å². The van der Waals surface area contributed by atoms with Crippen molar-refractivity contribution >= 4 is 22.5 Å². The first-order valence-corrected chi connectivity index (χ1v) is 10.7. The minimum Gasteiger partial charge on any atom is -0.497 e. The number of benzene rings is 2. The third kappa shape index (κ3) is 3.97. The van der Waals surface area contributed by atoms with Crippen LogP contribution in [0.2, 0.25) is 5.02 Å². The summed E-state index contributed by atoms with van der Waals surface area (Å²) in [7, 11) is 3.23. The fraction of sp³-hybridized carbons (Fsp3) is 0.250. The molecule has 0 saturated heterocycles. The lowest BCUT2D eigenvalue weighted by Crippen LogP contribution is -2.25. The largest absolute Gasteiger partial charge is 0.497 e. The summed E-state index contributed by atoms with van der Waals surface area (Å²) in [5.74, 6) is 1.59. The predicted octanol–water partition coefficient (Wildman–Crippen LogP) is 4.49. The van der Waals surface area contributed by atoms with Gasteiger partial charge in [0.05, 0.1) is 24.8 Å². The van der Waals surface area contributed by atoms with Crippen molar-refractivity contribution < 1.29 is 14.2 Å². The Balaban J connectivity index is 1.46. The first kappa shape index (κ1) is 20.6. The molecule has 0 N–H and O–H groups in total. The predicted molar refractivity (Wildman–Crippen MR) is 123 cm³/mol. The summed E-state index contributed by atoms with van der Waals surface area (Å²) >= 11 is 6.67. The summed E-state index contributed by atoms with van der Waals surface area (Å²) in [5, 5.41) is 1.72. The molecule has 8 heteroatoms. The highest BCUT2D eigenvalue weighted by molar-refractivity contribution is 6.32. The smallest absolute Gasteiger partial charge is 0.316 e. The van der Waals surface area contributed by atoms with Gasteiger partial charge in [0.2, 0.25) is 0 Å². The van der Waals surface area contributed by atoms with Crippen LogP contribution in [0.1, 0.15) is 11.1 Å². The molecule has 0 unspecified atom stereocenters. The van der Waals surface area contributed by atoms with Crippen LogP contribution >= 0.6 is 11.6 Å². The molecule has 2 aromatic carbocycles. The number of hydrogen-bond donors (Lipinski definition) is 0. The molecule has 2 aromatic heterocycles. The molecule has 0 spiro atoms. The van der Waals surface area contributed by atoms with Crippen molar-refractivity contribution in [3.05, 3.63) is 71.1 Å². The van der Waals surface area contributed by atoms with Gasteiger partial charge in [0.1, 0.15) is 18.1 Å². The van der Waals surface area contributed by atoms with E-state index in [1.165, 1.54) is 0 Å². The monoisotopic (exact) mass is 450 g/mol. The van der Waals surface area contributed by atoms with Gasteiger partial charge >= 0.3 is 6.01 Å². The van der Waals surface area contributed by atoms with E-state index in [2.05, 4.69) is 37.6 Å². The Morgan fingerprint density at radius 1 is 1.06 bits per heavy atom. The number of rotatable bonds is 5. The molecule has 4 aromatic rings. The summed E-state index contributed by atoms with van der Waals surface area (Å²) in [5.41, 5.74) is 4.15. The van der Waals surface area contributed by atoms with Crippen LogP contribution in [-0.2, 0) is 13.1 Å². The molecule has 0 atom stereocenters. The normalized spacial score (nSPS) is 14.0. The van der Waals surface area contributed by atoms with Gasteiger partial charge in [0.25, 0.3) is 0 Å². The van der Waals surface area contributed by atoms with Gasteiger partial charge in [-0.25, -0.2) is 9.97 Å². The SMILES string of the molecule is COc1ccc2c(ccn2-c2cc(Cl)c3c(c2)CN(Cc2cnc(OC)nc2)CCO3)c1. The molecule has 0 radical (unpaired) electrons. The van der Waals surface area contributed by atoms with Crippen LogP contribution in [0.4, 0.5) is 0 Å². The molecule has 7 nitrogen and oxygen atoms in total. The van der Waals surface area contributed by atoms with Gasteiger partial charge in [-0.1, -0.05) is 11.6 Å². The zero-order chi connectivity index (χ0) is 22.1. The second kappa shape index (κ2) is 8.68. The Morgan fingerprint density at radius 3 is 2.69 bits per heavy atom. The lowest BCUT2D eigenvalue weighted by atomic mass is 10.1. The van der Waals surface area contributed by atoms with Crippen molar-refractivity contribution in [2.24, 2.45) is 0 Å². The first-order valence-electron chi connectivity index (χ1n) is 10.3. The third-order valence-electron chi connectivity index (χ3n) is 5.60. The summed E-state index contributed by atoms with van der Waals surface area (Å²) in [6, 6.07) is 12.6. The highest BCUT2D eigenvalue weighted by Crippen LogP contribution is 2.36. The molecule has 3 heterocycles. The molecule has 0 fully saturated rings. The van der Waals surface area contributed by atoms with Gasteiger partial charge < -0.3 is 18.8 Å². The van der Waals surface area contributed by atoms with E-state index in [9.17, 15) is 0 Å². The van der Waals surface area contributed by atoms with Crippen LogP contribution in [0.15, 0.2) is 55.0 Å². The van der Waals surface area contributed by atoms with Gasteiger partial charge in [-0.2, -0.15) is 0 Å². The van der Waals surface area contributed by atoms with Crippen LogP contribution in [-0.4, -0.2) is 46.8 Å². The Labute approximate surface area is 191 Å². The van der Waals surface area contributed by atoms with Gasteiger partial charge in [0, 0.05) is 60.4 Å². The quantitative estimate of drug-likeness (QED) is 0.446. The molecule has 32 heavy (non-hydrogen) atoms. The van der Waals surface area contributed by atoms with E-state index in [1.807, 2.05) is 24.4 Å². The van der Waals surface area contributed by atoms with Crippen LogP contribution in [0, 0.1) is 0 Å². The number of ether oxygens (including phenoxy) is 3. The van der Waals surface area contributed by atoms with Gasteiger partial charge in [-0.05, 0) is 36.4 Å². The molecule has 0 aliphatic carbocycles. The number of hydrogen-bond acceptors (Lipinski definition) is 6. The van der Waals surface area contributed by atoms with Gasteiger partial charge in [0.15, 0.2) is 0 Å². The van der Waals surface area contributed by atoms with E-state index in [0.717, 1.165) is 45.8 Å². The minimum absolute atomic E-state index is 0.367. The van der Waals surface area contributed by atoms with E-state index in [4.69, 9.17) is 25.8 Å². The summed E-state index contributed by atoms with van der Waals surface area (Å²) in [6.45, 7) is 2.76. The average Bonchev–Trinajstić information content (AvgIpc) is 3.13. The molecular weight excluding hydrogens is 428 g/mol. The molecule has 164 valence electrons. The number of fused-ring (bicyclic) bond motifs is 2. The molecule has 1 aliphatic rings. The lowest BCUT2D eigenvalue weighted by Gasteiger charge is -2.19. The Bertz CT molecular complexity index is 1260. The highest BCUT2D eigenvalue weighted by atomic mass is 35.5. The van der Waals surface area contributed by atoms with Crippen molar-refractivity contribution in [3.8, 4) is 23.2 Å². The van der Waals surface area contributed by atoms with E-state index in [0.29, 0.717) is 30.7 Å². The molecular formula is C24H23ClN4O3. The van der Waals surface area contributed by atoms with Crippen molar-refractivity contribution in [2.45, 2.75) is 13.1 Å². The van der Waals surface area contributed by atoms with Crippen molar-refractivity contribution in [1.82, 2.24) is 19.4 Å². The zero-order valence-corrected chi connectivity index (χ0v) is 18.7. The molecule has 0 bridgehead atoms. The summed E-state index contributed by atoms with van der Waals surface area (Å²) < 4.78 is 18.6. The molecule has 5 rings (SSSR count). The fourth-order valence-electron chi connectivity index (χ4n) is 4.05. The molecule has 1 aliphatic heterocycles. The maximum absolute atomic E-state index is 6.67. The maximum Gasteiger partial charge on any atom is 0.316 e. The number of methoxy groups -OCH3 is 2. The topological polar surface area (TPSA) is 61.6 Å². The Hall–Kier alpha value is -3.29. The standard InChI is InChI=1S/C24H23ClN4O3/c1-30-20-3-4-22-17(10-20)5-6-29(22)19-9-18-15-28(7-8-32-23(18)21(25)11-19)14-16-12-26-24(31-2)27-13-16/h3-6,9-13H,7-8,14-15H2,1-2H3. The second-order valence-electron chi connectivity index (χ2n) is 7.66. The fourth-order valence-corrected chi connectivity index (χ4v) is 4.33. The van der Waals surface area contributed by atoms with E-state index in [1.54, 1.807) is 26.6 Å². The zero-order valence-electron chi connectivity index (χ0n) is 17.9. The van der Waals surface area contributed by atoms with Crippen LogP contribution < -0.4 is 14.2 Å². The number of nitrogens with zero attached hydrogens (tertiary/aromatic N) is 4. The molecule has 0 amide bonds. The number of aromatic nitrogens is 3. The van der Waals surface area contributed by atoms with Gasteiger partial charge in [-0.15, -0.1) is 0 Å².